The smallest absolute Gasteiger partial charge is 0.217 e. The summed E-state index contributed by atoms with van der Waals surface area (Å²) in [5.41, 5.74) is 1.45. The number of benzene rings is 2. The largest absolute Gasteiger partial charge is 0.497 e. The minimum Gasteiger partial charge on any atom is -0.497 e. The van der Waals surface area contributed by atoms with Gasteiger partial charge in [-0.3, -0.25) is 4.79 Å². The van der Waals surface area contributed by atoms with Crippen LogP contribution in [0.1, 0.15) is 51.0 Å². The van der Waals surface area contributed by atoms with Gasteiger partial charge in [-0.15, -0.1) is 0 Å². The molecular weight excluding hydrogens is 390 g/mol. The van der Waals surface area contributed by atoms with Crippen LogP contribution in [0.5, 0.6) is 5.75 Å². The lowest BCUT2D eigenvalue weighted by atomic mass is 9.91. The molecule has 2 fully saturated rings. The number of hydrogen-bond donors (Lipinski definition) is 3. The van der Waals surface area contributed by atoms with Crippen LogP contribution >= 0.6 is 0 Å². The Bertz CT molecular complexity index is 785. The van der Waals surface area contributed by atoms with Crippen molar-refractivity contribution in [2.24, 2.45) is 11.8 Å². The molecule has 1 amide bonds. The normalized spacial score (nSPS) is 18.4. The van der Waals surface area contributed by atoms with Gasteiger partial charge in [0.05, 0.1) is 14.2 Å². The van der Waals surface area contributed by atoms with Gasteiger partial charge in [0.1, 0.15) is 5.75 Å². The molecule has 31 heavy (non-hydrogen) atoms. The molecular formula is C25H39N3O3. The van der Waals surface area contributed by atoms with E-state index in [9.17, 15) is 4.79 Å². The maximum absolute atomic E-state index is 10.5. The third-order valence-corrected chi connectivity index (χ3v) is 5.80. The van der Waals surface area contributed by atoms with Crippen molar-refractivity contribution in [3.05, 3.63) is 42.0 Å². The molecule has 1 aliphatic heterocycles. The van der Waals surface area contributed by atoms with Crippen molar-refractivity contribution < 1.29 is 14.4 Å². The Labute approximate surface area is 186 Å². The summed E-state index contributed by atoms with van der Waals surface area (Å²) < 4.78 is 5.27. The predicted octanol–water partition coefficient (Wildman–Crippen LogP) is 3.96. The number of methoxy groups -OCH3 is 1. The quantitative estimate of drug-likeness (QED) is 0.641. The second-order valence-electron chi connectivity index (χ2n) is 8.38. The maximum Gasteiger partial charge on any atom is 0.217 e. The van der Waals surface area contributed by atoms with Crippen molar-refractivity contribution in [1.29, 1.82) is 0 Å². The van der Waals surface area contributed by atoms with Crippen LogP contribution < -0.4 is 21.3 Å². The number of piperidine rings is 1. The average Bonchev–Trinajstić information content (AvgIpc) is 3.27. The molecule has 4 N–H and O–H groups in total. The Kier molecular flexibility index (Phi) is 11.4. The number of rotatable bonds is 4. The number of nitrogens with one attached hydrogen (secondary N) is 2. The van der Waals surface area contributed by atoms with Gasteiger partial charge in [0.15, 0.2) is 0 Å². The second kappa shape index (κ2) is 14.0. The summed E-state index contributed by atoms with van der Waals surface area (Å²) in [6.07, 6.45) is 8.78. The molecule has 2 aromatic rings. The van der Waals surface area contributed by atoms with Crippen LogP contribution in [0.2, 0.25) is 0 Å². The minimum absolute atomic E-state index is 0.113. The number of hydrogen-bond acceptors (Lipinski definition) is 5. The van der Waals surface area contributed by atoms with Crippen LogP contribution in [0.25, 0.3) is 10.8 Å². The van der Waals surface area contributed by atoms with E-state index in [0.717, 1.165) is 11.7 Å². The predicted molar refractivity (Wildman–Crippen MR) is 127 cm³/mol. The van der Waals surface area contributed by atoms with Crippen LogP contribution in [0, 0.1) is 5.92 Å². The summed E-state index contributed by atoms with van der Waals surface area (Å²) in [6, 6.07) is 13.6. The third-order valence-electron chi connectivity index (χ3n) is 5.80. The van der Waals surface area contributed by atoms with Gasteiger partial charge in [0.2, 0.25) is 5.91 Å². The third kappa shape index (κ3) is 9.25. The molecule has 1 saturated heterocycles. The van der Waals surface area contributed by atoms with Crippen molar-refractivity contribution in [2.75, 3.05) is 27.3 Å². The fourth-order valence-electron chi connectivity index (χ4n) is 4.32. The number of fused-ring (bicyclic) bond motifs is 1. The molecule has 0 radical (unpaired) electrons. The zero-order chi connectivity index (χ0) is 22.5. The maximum atomic E-state index is 10.5. The highest BCUT2D eigenvalue weighted by Crippen LogP contribution is 2.24. The number of amides is 1. The lowest BCUT2D eigenvalue weighted by molar-refractivity contribution is -0.119. The van der Waals surface area contributed by atoms with E-state index in [1.165, 1.54) is 81.5 Å². The van der Waals surface area contributed by atoms with Crippen LogP contribution in [-0.2, 0) is 16.1 Å². The van der Waals surface area contributed by atoms with E-state index in [-0.39, 0.29) is 5.91 Å². The Morgan fingerprint density at radius 2 is 1.74 bits per heavy atom. The summed E-state index contributed by atoms with van der Waals surface area (Å²) in [5.74, 6) is 6.18. The number of ether oxygens (including phenoxy) is 1. The highest BCUT2D eigenvalue weighted by atomic mass is 16.6. The first-order valence-electron chi connectivity index (χ1n) is 11.3. The van der Waals surface area contributed by atoms with E-state index in [0.29, 0.717) is 6.04 Å². The molecule has 1 heterocycles. The average molecular weight is 430 g/mol. The van der Waals surface area contributed by atoms with E-state index in [2.05, 4.69) is 51.7 Å². The van der Waals surface area contributed by atoms with Gasteiger partial charge < -0.3 is 20.2 Å². The lowest BCUT2D eigenvalue weighted by Gasteiger charge is -2.22. The van der Waals surface area contributed by atoms with Crippen molar-refractivity contribution in [3.63, 3.8) is 0 Å². The highest BCUT2D eigenvalue weighted by molar-refractivity contribution is 5.84. The van der Waals surface area contributed by atoms with E-state index in [4.69, 9.17) is 4.74 Å². The first kappa shape index (κ1) is 25.1. The summed E-state index contributed by atoms with van der Waals surface area (Å²) >= 11 is 0. The number of carbonyl (C=O) groups excluding carboxylic acids is 1. The van der Waals surface area contributed by atoms with Crippen molar-refractivity contribution in [2.45, 2.75) is 57.9 Å². The van der Waals surface area contributed by atoms with Gasteiger partial charge in [0.25, 0.3) is 0 Å². The van der Waals surface area contributed by atoms with E-state index >= 15 is 0 Å². The van der Waals surface area contributed by atoms with Crippen molar-refractivity contribution in [3.8, 4) is 5.75 Å². The molecule has 4 rings (SSSR count). The molecule has 172 valence electrons. The fourth-order valence-corrected chi connectivity index (χ4v) is 4.32. The Morgan fingerprint density at radius 3 is 2.35 bits per heavy atom. The summed E-state index contributed by atoms with van der Waals surface area (Å²) in [6.45, 7) is 3.94. The number of carbonyl (C=O) groups is 1. The molecule has 6 heteroatoms. The monoisotopic (exact) mass is 429 g/mol. The van der Waals surface area contributed by atoms with Crippen molar-refractivity contribution in [1.82, 2.24) is 10.6 Å². The van der Waals surface area contributed by atoms with E-state index in [1.807, 2.05) is 6.07 Å². The Hall–Kier alpha value is -2.15. The van der Waals surface area contributed by atoms with Gasteiger partial charge in [-0.05, 0) is 79.6 Å². The molecule has 1 unspecified atom stereocenters. The highest BCUT2D eigenvalue weighted by Gasteiger charge is 2.15. The van der Waals surface area contributed by atoms with Gasteiger partial charge in [-0.25, -0.2) is 5.90 Å². The molecule has 1 saturated carbocycles. The van der Waals surface area contributed by atoms with Crippen LogP contribution in [0.3, 0.4) is 0 Å². The SMILES string of the molecule is CC(=O)NC1CCCC1.CON.COc1ccc2cc(CC3CCCNC3)ccc2c1. The van der Waals surface area contributed by atoms with Gasteiger partial charge in [-0.1, -0.05) is 37.1 Å². The summed E-state index contributed by atoms with van der Waals surface area (Å²) in [5, 5.41) is 8.96. The zero-order valence-corrected chi connectivity index (χ0v) is 19.3. The van der Waals surface area contributed by atoms with Gasteiger partial charge in [0, 0.05) is 13.0 Å². The molecule has 6 nitrogen and oxygen atoms in total. The molecule has 0 bridgehead atoms. The first-order valence-corrected chi connectivity index (χ1v) is 11.3. The van der Waals surface area contributed by atoms with Crippen LogP contribution in [0.15, 0.2) is 36.4 Å². The van der Waals surface area contributed by atoms with Crippen LogP contribution in [0.4, 0.5) is 0 Å². The van der Waals surface area contributed by atoms with Crippen LogP contribution in [-0.4, -0.2) is 39.3 Å². The minimum atomic E-state index is 0.113. The van der Waals surface area contributed by atoms with E-state index < -0.39 is 0 Å². The van der Waals surface area contributed by atoms with E-state index in [1.54, 1.807) is 14.0 Å². The lowest BCUT2D eigenvalue weighted by Crippen LogP contribution is -2.30. The zero-order valence-electron chi connectivity index (χ0n) is 19.3. The molecule has 1 atom stereocenters. The fraction of sp³-hybridized carbons (Fsp3) is 0.560. The first-order chi connectivity index (χ1) is 15.0. The van der Waals surface area contributed by atoms with Gasteiger partial charge in [-0.2, -0.15) is 0 Å². The standard InChI is InChI=1S/C17H21NO.C7H13NO.CH5NO/c1-19-17-7-6-15-10-13(4-5-16(15)11-17)9-14-3-2-8-18-12-14;1-6(9)8-7-4-2-3-5-7;1-3-2/h4-7,10-11,14,18H,2-3,8-9,12H2,1H3;7H,2-5H2,1H3,(H,8,9);2H2,1H3. The van der Waals surface area contributed by atoms with Gasteiger partial charge >= 0.3 is 0 Å². The summed E-state index contributed by atoms with van der Waals surface area (Å²) in [4.78, 5) is 14.2. The van der Waals surface area contributed by atoms with Crippen molar-refractivity contribution >= 4 is 16.7 Å². The molecule has 1 aliphatic carbocycles. The Balaban J connectivity index is 0.000000238. The number of nitrogens with two attached hydrogens (primary N) is 1. The molecule has 2 aromatic carbocycles. The Morgan fingerprint density at radius 1 is 1.06 bits per heavy atom. The molecule has 0 aromatic heterocycles. The topological polar surface area (TPSA) is 85.6 Å². The summed E-state index contributed by atoms with van der Waals surface area (Å²) in [7, 11) is 3.12. The molecule has 2 aliphatic rings. The molecule has 0 spiro atoms. The second-order valence-corrected chi connectivity index (χ2v) is 8.38.